The number of nitrogens with zero attached hydrogens (tertiary/aromatic N) is 1. The molecule has 0 unspecified atom stereocenters. The Balaban J connectivity index is 1.82. The molecule has 0 fully saturated rings. The van der Waals surface area contributed by atoms with Gasteiger partial charge in [0.2, 0.25) is 5.91 Å². The predicted molar refractivity (Wildman–Crippen MR) is 90.5 cm³/mol. The third-order valence-corrected chi connectivity index (χ3v) is 3.91. The molecule has 0 spiro atoms. The zero-order valence-corrected chi connectivity index (χ0v) is 14.7. The van der Waals surface area contributed by atoms with E-state index < -0.39 is 0 Å². The fourth-order valence-corrected chi connectivity index (χ4v) is 2.52. The summed E-state index contributed by atoms with van der Waals surface area (Å²) in [5, 5.41) is 3.01. The first-order chi connectivity index (χ1) is 10.4. The highest BCUT2D eigenvalue weighted by molar-refractivity contribution is 9.10. The standard InChI is InChI=1S/C17H21BrN2O2/c1-12-4-9-16(22-12)10-20(3)11-17(21)19-13(2)14-5-7-15(18)8-6-14/h4-9,13H,10-11H2,1-3H3,(H,19,21)/t13-/m1/s1. The molecule has 0 aliphatic heterocycles. The van der Waals surface area contributed by atoms with Gasteiger partial charge in [0, 0.05) is 4.47 Å². The summed E-state index contributed by atoms with van der Waals surface area (Å²) >= 11 is 3.41. The van der Waals surface area contributed by atoms with Gasteiger partial charge in [0.05, 0.1) is 19.1 Å². The number of benzene rings is 1. The first-order valence-corrected chi connectivity index (χ1v) is 8.02. The summed E-state index contributed by atoms with van der Waals surface area (Å²) < 4.78 is 6.55. The Morgan fingerprint density at radius 1 is 1.27 bits per heavy atom. The second kappa shape index (κ2) is 7.61. The van der Waals surface area contributed by atoms with Crippen LogP contribution >= 0.6 is 15.9 Å². The fraction of sp³-hybridized carbons (Fsp3) is 0.353. The van der Waals surface area contributed by atoms with E-state index in [9.17, 15) is 4.79 Å². The van der Waals surface area contributed by atoms with Crippen LogP contribution in [-0.4, -0.2) is 24.4 Å². The number of aryl methyl sites for hydroxylation is 1. The third kappa shape index (κ3) is 5.00. The molecule has 2 rings (SSSR count). The molecule has 1 heterocycles. The molecular weight excluding hydrogens is 344 g/mol. The number of halogens is 1. The van der Waals surface area contributed by atoms with Crippen molar-refractivity contribution in [2.75, 3.05) is 13.6 Å². The first kappa shape index (κ1) is 16.8. The summed E-state index contributed by atoms with van der Waals surface area (Å²) in [6, 6.07) is 11.8. The quantitative estimate of drug-likeness (QED) is 0.850. The third-order valence-electron chi connectivity index (χ3n) is 3.38. The van der Waals surface area contributed by atoms with Crippen LogP contribution in [0.2, 0.25) is 0 Å². The van der Waals surface area contributed by atoms with Crippen LogP contribution in [-0.2, 0) is 11.3 Å². The fourth-order valence-electron chi connectivity index (χ4n) is 2.26. The van der Waals surface area contributed by atoms with E-state index in [-0.39, 0.29) is 11.9 Å². The largest absolute Gasteiger partial charge is 0.465 e. The molecule has 2 aromatic rings. The van der Waals surface area contributed by atoms with E-state index in [4.69, 9.17) is 4.42 Å². The number of hydrogen-bond acceptors (Lipinski definition) is 3. The van der Waals surface area contributed by atoms with Crippen LogP contribution in [0.15, 0.2) is 45.3 Å². The number of amides is 1. The number of likely N-dealkylation sites (N-methyl/N-ethyl adjacent to an activating group) is 1. The number of carbonyl (C=O) groups is 1. The highest BCUT2D eigenvalue weighted by Gasteiger charge is 2.12. The van der Waals surface area contributed by atoms with E-state index in [1.54, 1.807) is 0 Å². The highest BCUT2D eigenvalue weighted by Crippen LogP contribution is 2.16. The van der Waals surface area contributed by atoms with Crippen molar-refractivity contribution in [2.45, 2.75) is 26.4 Å². The minimum absolute atomic E-state index is 0.00111. The van der Waals surface area contributed by atoms with Crippen LogP contribution in [0.25, 0.3) is 0 Å². The molecule has 0 saturated carbocycles. The Morgan fingerprint density at radius 3 is 2.55 bits per heavy atom. The van der Waals surface area contributed by atoms with Crippen molar-refractivity contribution in [3.63, 3.8) is 0 Å². The maximum absolute atomic E-state index is 12.1. The number of rotatable bonds is 6. The topological polar surface area (TPSA) is 45.5 Å². The van der Waals surface area contributed by atoms with E-state index >= 15 is 0 Å². The molecule has 1 aromatic carbocycles. The Hall–Kier alpha value is -1.59. The van der Waals surface area contributed by atoms with Crippen molar-refractivity contribution >= 4 is 21.8 Å². The monoisotopic (exact) mass is 364 g/mol. The number of nitrogens with one attached hydrogen (secondary N) is 1. The van der Waals surface area contributed by atoms with Gasteiger partial charge in [-0.1, -0.05) is 28.1 Å². The summed E-state index contributed by atoms with van der Waals surface area (Å²) in [4.78, 5) is 14.0. The van der Waals surface area contributed by atoms with Crippen LogP contribution < -0.4 is 5.32 Å². The van der Waals surface area contributed by atoms with Crippen molar-refractivity contribution in [3.05, 3.63) is 58.0 Å². The van der Waals surface area contributed by atoms with E-state index in [1.165, 1.54) is 0 Å². The molecule has 22 heavy (non-hydrogen) atoms. The number of carbonyl (C=O) groups excluding carboxylic acids is 1. The molecule has 4 nitrogen and oxygen atoms in total. The molecule has 1 N–H and O–H groups in total. The molecule has 1 atom stereocenters. The van der Waals surface area contributed by atoms with Crippen molar-refractivity contribution in [1.82, 2.24) is 10.2 Å². The molecule has 1 amide bonds. The second-order valence-corrected chi connectivity index (χ2v) is 6.44. The SMILES string of the molecule is Cc1ccc(CN(C)CC(=O)N[C@H](C)c2ccc(Br)cc2)o1. The van der Waals surface area contributed by atoms with E-state index in [1.807, 2.05) is 62.2 Å². The van der Waals surface area contributed by atoms with Crippen molar-refractivity contribution in [3.8, 4) is 0 Å². The van der Waals surface area contributed by atoms with Crippen LogP contribution in [0.5, 0.6) is 0 Å². The lowest BCUT2D eigenvalue weighted by molar-refractivity contribution is -0.122. The van der Waals surface area contributed by atoms with Gasteiger partial charge in [-0.15, -0.1) is 0 Å². The van der Waals surface area contributed by atoms with Gasteiger partial charge in [-0.05, 0) is 50.7 Å². The van der Waals surface area contributed by atoms with Gasteiger partial charge >= 0.3 is 0 Å². The zero-order chi connectivity index (χ0) is 16.1. The van der Waals surface area contributed by atoms with Gasteiger partial charge in [0.25, 0.3) is 0 Å². The molecular formula is C17H21BrN2O2. The molecule has 5 heteroatoms. The van der Waals surface area contributed by atoms with E-state index in [2.05, 4.69) is 21.2 Å². The van der Waals surface area contributed by atoms with Gasteiger partial charge in [-0.2, -0.15) is 0 Å². The maximum atomic E-state index is 12.1. The van der Waals surface area contributed by atoms with Crippen LogP contribution in [0, 0.1) is 6.92 Å². The van der Waals surface area contributed by atoms with Crippen molar-refractivity contribution < 1.29 is 9.21 Å². The molecule has 0 bridgehead atoms. The van der Waals surface area contributed by atoms with Crippen molar-refractivity contribution in [1.29, 1.82) is 0 Å². The Morgan fingerprint density at radius 2 is 1.95 bits per heavy atom. The minimum atomic E-state index is -0.0140. The summed E-state index contributed by atoms with van der Waals surface area (Å²) in [5.74, 6) is 1.76. The average Bonchev–Trinajstić information content (AvgIpc) is 2.84. The molecule has 118 valence electrons. The number of furan rings is 1. The van der Waals surface area contributed by atoms with Crippen LogP contribution in [0.4, 0.5) is 0 Å². The molecule has 0 saturated heterocycles. The lowest BCUT2D eigenvalue weighted by Crippen LogP contribution is -2.36. The first-order valence-electron chi connectivity index (χ1n) is 7.22. The average molecular weight is 365 g/mol. The summed E-state index contributed by atoms with van der Waals surface area (Å²) in [5.41, 5.74) is 1.08. The second-order valence-electron chi connectivity index (χ2n) is 5.53. The predicted octanol–water partition coefficient (Wildman–Crippen LogP) is 3.66. The lowest BCUT2D eigenvalue weighted by atomic mass is 10.1. The smallest absolute Gasteiger partial charge is 0.234 e. The Kier molecular flexibility index (Phi) is 5.80. The molecule has 0 aliphatic rings. The summed E-state index contributed by atoms with van der Waals surface area (Å²) in [6.07, 6.45) is 0. The maximum Gasteiger partial charge on any atom is 0.234 e. The minimum Gasteiger partial charge on any atom is -0.465 e. The number of hydrogen-bond donors (Lipinski definition) is 1. The van der Waals surface area contributed by atoms with Gasteiger partial charge in [0.15, 0.2) is 0 Å². The van der Waals surface area contributed by atoms with E-state index in [0.717, 1.165) is 21.6 Å². The van der Waals surface area contributed by atoms with Gasteiger partial charge < -0.3 is 9.73 Å². The zero-order valence-electron chi connectivity index (χ0n) is 13.1. The molecule has 0 aliphatic carbocycles. The van der Waals surface area contributed by atoms with Crippen LogP contribution in [0.1, 0.15) is 30.0 Å². The lowest BCUT2D eigenvalue weighted by Gasteiger charge is -2.18. The normalized spacial score (nSPS) is 12.4. The molecule has 0 radical (unpaired) electrons. The van der Waals surface area contributed by atoms with Gasteiger partial charge in [0.1, 0.15) is 11.5 Å². The van der Waals surface area contributed by atoms with Crippen molar-refractivity contribution in [2.24, 2.45) is 0 Å². The highest BCUT2D eigenvalue weighted by atomic mass is 79.9. The summed E-state index contributed by atoms with van der Waals surface area (Å²) in [7, 11) is 1.90. The van der Waals surface area contributed by atoms with E-state index in [0.29, 0.717) is 13.1 Å². The molecule has 1 aromatic heterocycles. The Bertz CT molecular complexity index is 622. The van der Waals surface area contributed by atoms with Gasteiger partial charge in [-0.3, -0.25) is 9.69 Å². The Labute approximate surface area is 139 Å². The van der Waals surface area contributed by atoms with Crippen LogP contribution in [0.3, 0.4) is 0 Å². The van der Waals surface area contributed by atoms with Gasteiger partial charge in [-0.25, -0.2) is 0 Å². The summed E-state index contributed by atoms with van der Waals surface area (Å²) in [6.45, 7) is 4.85.